The van der Waals surface area contributed by atoms with Crippen molar-refractivity contribution in [3.8, 4) is 0 Å². The fourth-order valence-electron chi connectivity index (χ4n) is 1.55. The Hall–Kier alpha value is -1.19. The Morgan fingerprint density at radius 1 is 1.24 bits per heavy atom. The standard InChI is InChI=1S/C12H12Cl2N2O/c1-7-10(8(2)17-16-7)6-15-9-3-4-11(13)12(14)5-9/h3-5,15H,6H2,1-2H3. The summed E-state index contributed by atoms with van der Waals surface area (Å²) in [6.45, 7) is 4.47. The third kappa shape index (κ3) is 2.73. The third-order valence-corrected chi connectivity index (χ3v) is 3.31. The van der Waals surface area contributed by atoms with Gasteiger partial charge in [-0.05, 0) is 32.0 Å². The number of aryl methyl sites for hydroxylation is 2. The Morgan fingerprint density at radius 3 is 2.59 bits per heavy atom. The summed E-state index contributed by atoms with van der Waals surface area (Å²) in [5.74, 6) is 0.829. The van der Waals surface area contributed by atoms with Gasteiger partial charge in [-0.1, -0.05) is 28.4 Å². The molecule has 0 bridgehead atoms. The Labute approximate surface area is 110 Å². The van der Waals surface area contributed by atoms with Gasteiger partial charge < -0.3 is 9.84 Å². The molecule has 17 heavy (non-hydrogen) atoms. The van der Waals surface area contributed by atoms with Crippen molar-refractivity contribution < 1.29 is 4.52 Å². The van der Waals surface area contributed by atoms with Crippen molar-refractivity contribution >= 4 is 28.9 Å². The number of rotatable bonds is 3. The summed E-state index contributed by atoms with van der Waals surface area (Å²) >= 11 is 11.8. The zero-order valence-electron chi connectivity index (χ0n) is 9.55. The van der Waals surface area contributed by atoms with Crippen LogP contribution in [0.25, 0.3) is 0 Å². The van der Waals surface area contributed by atoms with E-state index in [1.165, 1.54) is 0 Å². The fourth-order valence-corrected chi connectivity index (χ4v) is 1.85. The van der Waals surface area contributed by atoms with Gasteiger partial charge in [0.25, 0.3) is 0 Å². The van der Waals surface area contributed by atoms with Crippen LogP contribution in [0, 0.1) is 13.8 Å². The van der Waals surface area contributed by atoms with E-state index < -0.39 is 0 Å². The maximum atomic E-state index is 5.93. The fraction of sp³-hybridized carbons (Fsp3) is 0.250. The predicted molar refractivity (Wildman–Crippen MR) is 69.8 cm³/mol. The van der Waals surface area contributed by atoms with Crippen LogP contribution in [-0.4, -0.2) is 5.16 Å². The number of nitrogens with zero attached hydrogens (tertiary/aromatic N) is 1. The average molecular weight is 271 g/mol. The van der Waals surface area contributed by atoms with Crippen LogP contribution in [0.3, 0.4) is 0 Å². The van der Waals surface area contributed by atoms with Gasteiger partial charge in [0.05, 0.1) is 15.7 Å². The molecule has 90 valence electrons. The van der Waals surface area contributed by atoms with E-state index in [9.17, 15) is 0 Å². The van der Waals surface area contributed by atoms with Gasteiger partial charge in [0, 0.05) is 17.8 Å². The SMILES string of the molecule is Cc1noc(C)c1CNc1ccc(Cl)c(Cl)c1. The van der Waals surface area contributed by atoms with Crippen molar-refractivity contribution in [1.82, 2.24) is 5.16 Å². The molecule has 0 aliphatic rings. The lowest BCUT2D eigenvalue weighted by molar-refractivity contribution is 0.392. The van der Waals surface area contributed by atoms with E-state index >= 15 is 0 Å². The molecule has 2 rings (SSSR count). The molecule has 0 unspecified atom stereocenters. The maximum absolute atomic E-state index is 5.93. The highest BCUT2D eigenvalue weighted by molar-refractivity contribution is 6.42. The lowest BCUT2D eigenvalue weighted by Crippen LogP contribution is -2.01. The summed E-state index contributed by atoms with van der Waals surface area (Å²) in [6.07, 6.45) is 0. The number of aromatic nitrogens is 1. The Bertz CT molecular complexity index is 518. The summed E-state index contributed by atoms with van der Waals surface area (Å²) in [5, 5.41) is 8.24. The van der Waals surface area contributed by atoms with E-state index in [0.29, 0.717) is 16.6 Å². The minimum atomic E-state index is 0.537. The van der Waals surface area contributed by atoms with Crippen molar-refractivity contribution in [2.45, 2.75) is 20.4 Å². The molecule has 0 atom stereocenters. The van der Waals surface area contributed by atoms with Crippen molar-refractivity contribution in [3.05, 3.63) is 45.3 Å². The molecule has 0 radical (unpaired) electrons. The van der Waals surface area contributed by atoms with E-state index in [4.69, 9.17) is 27.7 Å². The van der Waals surface area contributed by atoms with Crippen LogP contribution in [0.15, 0.2) is 22.7 Å². The molecule has 0 saturated carbocycles. The number of halogens is 2. The second-order valence-electron chi connectivity index (χ2n) is 3.79. The Balaban J connectivity index is 2.10. The zero-order chi connectivity index (χ0) is 12.4. The predicted octanol–water partition coefficient (Wildman–Crippen LogP) is 4.21. The molecule has 0 saturated heterocycles. The van der Waals surface area contributed by atoms with Gasteiger partial charge in [-0.15, -0.1) is 0 Å². The summed E-state index contributed by atoms with van der Waals surface area (Å²) in [7, 11) is 0. The van der Waals surface area contributed by atoms with Crippen molar-refractivity contribution in [2.24, 2.45) is 0 Å². The molecular weight excluding hydrogens is 259 g/mol. The molecule has 0 fully saturated rings. The van der Waals surface area contributed by atoms with Crippen LogP contribution in [0.4, 0.5) is 5.69 Å². The average Bonchev–Trinajstić information content (AvgIpc) is 2.61. The van der Waals surface area contributed by atoms with Crippen LogP contribution in [0.5, 0.6) is 0 Å². The molecule has 1 aromatic carbocycles. The number of hydrogen-bond acceptors (Lipinski definition) is 3. The molecule has 1 aromatic heterocycles. The molecule has 0 aliphatic heterocycles. The number of nitrogens with one attached hydrogen (secondary N) is 1. The molecule has 1 N–H and O–H groups in total. The van der Waals surface area contributed by atoms with Crippen LogP contribution in [-0.2, 0) is 6.54 Å². The van der Waals surface area contributed by atoms with Gasteiger partial charge in [-0.3, -0.25) is 0 Å². The summed E-state index contributed by atoms with van der Waals surface area (Å²) in [6, 6.07) is 5.44. The number of anilines is 1. The molecular formula is C12H12Cl2N2O. The zero-order valence-corrected chi connectivity index (χ0v) is 11.1. The first kappa shape index (κ1) is 12.3. The Morgan fingerprint density at radius 2 is 2.00 bits per heavy atom. The van der Waals surface area contributed by atoms with Crippen molar-refractivity contribution in [1.29, 1.82) is 0 Å². The summed E-state index contributed by atoms with van der Waals surface area (Å²) in [5.41, 5.74) is 2.88. The topological polar surface area (TPSA) is 38.1 Å². The summed E-state index contributed by atoms with van der Waals surface area (Å²) < 4.78 is 5.09. The first-order valence-electron chi connectivity index (χ1n) is 5.18. The molecule has 1 heterocycles. The van der Waals surface area contributed by atoms with E-state index in [1.54, 1.807) is 12.1 Å². The highest BCUT2D eigenvalue weighted by Gasteiger charge is 2.08. The van der Waals surface area contributed by atoms with Crippen LogP contribution in [0.2, 0.25) is 10.0 Å². The minimum Gasteiger partial charge on any atom is -0.381 e. The second-order valence-corrected chi connectivity index (χ2v) is 4.60. The Kier molecular flexibility index (Phi) is 3.60. The second kappa shape index (κ2) is 4.98. The third-order valence-electron chi connectivity index (χ3n) is 2.57. The van der Waals surface area contributed by atoms with E-state index in [2.05, 4.69) is 10.5 Å². The van der Waals surface area contributed by atoms with E-state index in [-0.39, 0.29) is 0 Å². The van der Waals surface area contributed by atoms with Crippen LogP contribution in [0.1, 0.15) is 17.0 Å². The van der Waals surface area contributed by atoms with Gasteiger partial charge in [0.2, 0.25) is 0 Å². The van der Waals surface area contributed by atoms with Crippen LogP contribution < -0.4 is 5.32 Å². The highest BCUT2D eigenvalue weighted by atomic mass is 35.5. The van der Waals surface area contributed by atoms with E-state index in [1.807, 2.05) is 19.9 Å². The molecule has 2 aromatic rings. The highest BCUT2D eigenvalue weighted by Crippen LogP contribution is 2.25. The largest absolute Gasteiger partial charge is 0.381 e. The summed E-state index contributed by atoms with van der Waals surface area (Å²) in [4.78, 5) is 0. The van der Waals surface area contributed by atoms with Gasteiger partial charge in [-0.2, -0.15) is 0 Å². The molecule has 0 aliphatic carbocycles. The normalized spacial score (nSPS) is 10.6. The molecule has 0 amide bonds. The van der Waals surface area contributed by atoms with E-state index in [0.717, 1.165) is 22.7 Å². The molecule has 0 spiro atoms. The number of benzene rings is 1. The lowest BCUT2D eigenvalue weighted by Gasteiger charge is -2.07. The molecule has 5 heteroatoms. The molecule has 3 nitrogen and oxygen atoms in total. The first-order valence-corrected chi connectivity index (χ1v) is 5.94. The van der Waals surface area contributed by atoms with Crippen molar-refractivity contribution in [2.75, 3.05) is 5.32 Å². The quantitative estimate of drug-likeness (QED) is 0.908. The maximum Gasteiger partial charge on any atom is 0.138 e. The van der Waals surface area contributed by atoms with Gasteiger partial charge in [0.1, 0.15) is 5.76 Å². The van der Waals surface area contributed by atoms with Gasteiger partial charge >= 0.3 is 0 Å². The van der Waals surface area contributed by atoms with Gasteiger partial charge in [0.15, 0.2) is 0 Å². The minimum absolute atomic E-state index is 0.537. The van der Waals surface area contributed by atoms with Crippen LogP contribution >= 0.6 is 23.2 Å². The monoisotopic (exact) mass is 270 g/mol. The number of hydrogen-bond donors (Lipinski definition) is 1. The van der Waals surface area contributed by atoms with Crippen molar-refractivity contribution in [3.63, 3.8) is 0 Å². The van der Waals surface area contributed by atoms with Gasteiger partial charge in [-0.25, -0.2) is 0 Å². The lowest BCUT2D eigenvalue weighted by atomic mass is 10.2. The first-order chi connectivity index (χ1) is 8.08. The smallest absolute Gasteiger partial charge is 0.138 e.